The van der Waals surface area contributed by atoms with Crippen molar-refractivity contribution in [2.45, 2.75) is 45.4 Å². The van der Waals surface area contributed by atoms with E-state index in [1.54, 1.807) is 32.1 Å². The molecule has 2 atom stereocenters. The molecule has 0 radical (unpaired) electrons. The fraction of sp³-hybridized carbons (Fsp3) is 1.00. The Hall–Kier alpha value is 0. The van der Waals surface area contributed by atoms with E-state index in [1.807, 2.05) is 0 Å². The van der Waals surface area contributed by atoms with Gasteiger partial charge in [0.15, 0.2) is 0 Å². The first kappa shape index (κ1) is 6.69. The van der Waals surface area contributed by atoms with Crippen LogP contribution in [0.5, 0.6) is 0 Å². The molecule has 2 unspecified atom stereocenters. The lowest BCUT2D eigenvalue weighted by molar-refractivity contribution is 0.255. The molecule has 0 aromatic heterocycles. The lowest BCUT2D eigenvalue weighted by Gasteiger charge is -2.26. The van der Waals surface area contributed by atoms with E-state index in [2.05, 4.69) is 6.92 Å². The maximum Gasteiger partial charge on any atom is -0.0409 e. The van der Waals surface area contributed by atoms with E-state index in [9.17, 15) is 0 Å². The number of hydrogen-bond donors (Lipinski definition) is 0. The molecule has 2 bridgehead atoms. The van der Waals surface area contributed by atoms with Gasteiger partial charge in [0.05, 0.1) is 0 Å². The molecule has 0 aromatic carbocycles. The topological polar surface area (TPSA) is 0 Å². The van der Waals surface area contributed by atoms with Crippen LogP contribution in [-0.4, -0.2) is 0 Å². The molecule has 0 heteroatoms. The van der Waals surface area contributed by atoms with Crippen LogP contribution in [0.3, 0.4) is 0 Å². The zero-order chi connectivity index (χ0) is 6.97. The SMILES string of the molecule is CCC1CC2CCC(C1)C2. The Morgan fingerprint density at radius 1 is 1.00 bits per heavy atom. The molecular weight excluding hydrogens is 120 g/mol. The monoisotopic (exact) mass is 138 g/mol. The van der Waals surface area contributed by atoms with Gasteiger partial charge in [-0.15, -0.1) is 0 Å². The van der Waals surface area contributed by atoms with Crippen molar-refractivity contribution in [1.29, 1.82) is 0 Å². The molecule has 2 aliphatic rings. The first-order valence-electron chi connectivity index (χ1n) is 4.88. The minimum absolute atomic E-state index is 1.10. The van der Waals surface area contributed by atoms with Gasteiger partial charge >= 0.3 is 0 Å². The highest BCUT2D eigenvalue weighted by Gasteiger charge is 2.32. The Morgan fingerprint density at radius 3 is 2.10 bits per heavy atom. The van der Waals surface area contributed by atoms with Gasteiger partial charge in [-0.1, -0.05) is 26.2 Å². The Morgan fingerprint density at radius 2 is 1.60 bits per heavy atom. The maximum atomic E-state index is 2.36. The lowest BCUT2D eigenvalue weighted by Crippen LogP contribution is -2.14. The summed E-state index contributed by atoms with van der Waals surface area (Å²) in [5.41, 5.74) is 0. The quantitative estimate of drug-likeness (QED) is 0.522. The van der Waals surface area contributed by atoms with Crippen LogP contribution < -0.4 is 0 Å². The van der Waals surface area contributed by atoms with Gasteiger partial charge in [0, 0.05) is 0 Å². The molecule has 58 valence electrons. The molecule has 2 saturated carbocycles. The Labute approximate surface area is 64.0 Å². The van der Waals surface area contributed by atoms with Gasteiger partial charge in [0.25, 0.3) is 0 Å². The van der Waals surface area contributed by atoms with Crippen LogP contribution >= 0.6 is 0 Å². The summed E-state index contributed by atoms with van der Waals surface area (Å²) >= 11 is 0. The minimum Gasteiger partial charge on any atom is -0.0651 e. The number of fused-ring (bicyclic) bond motifs is 2. The fourth-order valence-corrected chi connectivity index (χ4v) is 2.98. The molecule has 2 aliphatic carbocycles. The summed E-state index contributed by atoms with van der Waals surface area (Å²) in [5.74, 6) is 3.39. The third-order valence-corrected chi connectivity index (χ3v) is 3.56. The van der Waals surface area contributed by atoms with Crippen LogP contribution in [0.4, 0.5) is 0 Å². The van der Waals surface area contributed by atoms with E-state index >= 15 is 0 Å². The maximum absolute atomic E-state index is 2.36. The minimum atomic E-state index is 1.10. The van der Waals surface area contributed by atoms with Gasteiger partial charge < -0.3 is 0 Å². The first-order chi connectivity index (χ1) is 4.88. The summed E-state index contributed by atoms with van der Waals surface area (Å²) in [6, 6.07) is 0. The summed E-state index contributed by atoms with van der Waals surface area (Å²) < 4.78 is 0. The zero-order valence-electron chi connectivity index (χ0n) is 6.97. The summed E-state index contributed by atoms with van der Waals surface area (Å²) in [4.78, 5) is 0. The van der Waals surface area contributed by atoms with Crippen LogP contribution in [0.25, 0.3) is 0 Å². The second kappa shape index (κ2) is 2.56. The summed E-state index contributed by atoms with van der Waals surface area (Å²) in [7, 11) is 0. The highest BCUT2D eigenvalue weighted by molar-refractivity contribution is 4.84. The molecule has 0 amide bonds. The van der Waals surface area contributed by atoms with Crippen LogP contribution in [-0.2, 0) is 0 Å². The molecular formula is C10H18. The third kappa shape index (κ3) is 1.09. The summed E-state index contributed by atoms with van der Waals surface area (Å²) in [6.07, 6.45) is 9.26. The molecule has 2 rings (SSSR count). The molecule has 0 saturated heterocycles. The molecule has 0 aromatic rings. The van der Waals surface area contributed by atoms with Crippen LogP contribution in [0.1, 0.15) is 45.4 Å². The van der Waals surface area contributed by atoms with E-state index in [4.69, 9.17) is 0 Å². The molecule has 0 N–H and O–H groups in total. The second-order valence-electron chi connectivity index (χ2n) is 4.29. The summed E-state index contributed by atoms with van der Waals surface area (Å²) in [6.45, 7) is 2.36. The predicted octanol–water partition coefficient (Wildman–Crippen LogP) is 3.22. The number of hydrogen-bond acceptors (Lipinski definition) is 0. The van der Waals surface area contributed by atoms with Crippen molar-refractivity contribution in [3.8, 4) is 0 Å². The van der Waals surface area contributed by atoms with Gasteiger partial charge in [-0.25, -0.2) is 0 Å². The predicted molar refractivity (Wildman–Crippen MR) is 43.8 cm³/mol. The molecule has 2 fully saturated rings. The average Bonchev–Trinajstić information content (AvgIpc) is 2.30. The van der Waals surface area contributed by atoms with Gasteiger partial charge in [0.2, 0.25) is 0 Å². The third-order valence-electron chi connectivity index (χ3n) is 3.56. The molecule has 0 heterocycles. The van der Waals surface area contributed by atoms with E-state index < -0.39 is 0 Å². The van der Waals surface area contributed by atoms with E-state index in [-0.39, 0.29) is 0 Å². The Bertz CT molecular complexity index is 105. The van der Waals surface area contributed by atoms with Crippen LogP contribution in [0.15, 0.2) is 0 Å². The van der Waals surface area contributed by atoms with Gasteiger partial charge in [-0.2, -0.15) is 0 Å². The van der Waals surface area contributed by atoms with Gasteiger partial charge in [-0.05, 0) is 37.0 Å². The molecule has 0 nitrogen and oxygen atoms in total. The zero-order valence-corrected chi connectivity index (χ0v) is 6.97. The molecule has 10 heavy (non-hydrogen) atoms. The second-order valence-corrected chi connectivity index (χ2v) is 4.29. The van der Waals surface area contributed by atoms with Crippen molar-refractivity contribution < 1.29 is 0 Å². The van der Waals surface area contributed by atoms with Crippen LogP contribution in [0.2, 0.25) is 0 Å². The normalized spacial score (nSPS) is 45.9. The Balaban J connectivity index is 1.96. The average molecular weight is 138 g/mol. The van der Waals surface area contributed by atoms with Crippen molar-refractivity contribution in [3.05, 3.63) is 0 Å². The van der Waals surface area contributed by atoms with Crippen molar-refractivity contribution >= 4 is 0 Å². The highest BCUT2D eigenvalue weighted by Crippen LogP contribution is 2.45. The largest absolute Gasteiger partial charge is 0.0651 e. The van der Waals surface area contributed by atoms with Crippen molar-refractivity contribution in [2.75, 3.05) is 0 Å². The summed E-state index contributed by atoms with van der Waals surface area (Å²) in [5, 5.41) is 0. The van der Waals surface area contributed by atoms with E-state index in [1.165, 1.54) is 6.42 Å². The first-order valence-corrected chi connectivity index (χ1v) is 4.88. The van der Waals surface area contributed by atoms with Crippen molar-refractivity contribution in [3.63, 3.8) is 0 Å². The van der Waals surface area contributed by atoms with Gasteiger partial charge in [0.1, 0.15) is 0 Å². The Kier molecular flexibility index (Phi) is 1.71. The highest BCUT2D eigenvalue weighted by atomic mass is 14.4. The van der Waals surface area contributed by atoms with Crippen molar-refractivity contribution in [2.24, 2.45) is 17.8 Å². The van der Waals surface area contributed by atoms with E-state index in [0.717, 1.165) is 17.8 Å². The van der Waals surface area contributed by atoms with E-state index in [0.29, 0.717) is 0 Å². The molecule has 0 aliphatic heterocycles. The lowest BCUT2D eigenvalue weighted by atomic mass is 9.80. The van der Waals surface area contributed by atoms with Gasteiger partial charge in [-0.3, -0.25) is 0 Å². The standard InChI is InChI=1S/C10H18/c1-2-8-5-9-3-4-10(6-8)7-9/h8-10H,2-7H2,1H3. The molecule has 0 spiro atoms. The smallest absolute Gasteiger partial charge is 0.0409 e. The fourth-order valence-electron chi connectivity index (χ4n) is 2.98. The van der Waals surface area contributed by atoms with Crippen LogP contribution in [0, 0.1) is 17.8 Å². The van der Waals surface area contributed by atoms with Crippen molar-refractivity contribution in [1.82, 2.24) is 0 Å². The number of rotatable bonds is 1.